The minimum Gasteiger partial charge on any atom is -0.493 e. The minimum atomic E-state index is -0.310. The van der Waals surface area contributed by atoms with Gasteiger partial charge >= 0.3 is 0 Å². The molecular formula is C24H18FN3O2. The zero-order valence-corrected chi connectivity index (χ0v) is 16.0. The summed E-state index contributed by atoms with van der Waals surface area (Å²) < 4.78 is 20.4. The van der Waals surface area contributed by atoms with E-state index >= 15 is 0 Å². The highest BCUT2D eigenvalue weighted by Gasteiger charge is 2.18. The van der Waals surface area contributed by atoms with E-state index < -0.39 is 0 Å². The molecule has 0 radical (unpaired) electrons. The summed E-state index contributed by atoms with van der Waals surface area (Å²) >= 11 is 0. The second-order valence-electron chi connectivity index (χ2n) is 7.07. The average molecular weight is 399 g/mol. The molecule has 5 rings (SSSR count). The van der Waals surface area contributed by atoms with Gasteiger partial charge < -0.3 is 9.52 Å². The van der Waals surface area contributed by atoms with E-state index in [0.717, 1.165) is 16.8 Å². The van der Waals surface area contributed by atoms with Crippen LogP contribution < -0.4 is 0 Å². The lowest BCUT2D eigenvalue weighted by molar-refractivity contribution is 0.438. The molecule has 0 bridgehead atoms. The van der Waals surface area contributed by atoms with E-state index in [0.29, 0.717) is 35.6 Å². The Labute approximate surface area is 172 Å². The van der Waals surface area contributed by atoms with Gasteiger partial charge in [0.2, 0.25) is 5.88 Å². The van der Waals surface area contributed by atoms with Crippen molar-refractivity contribution < 1.29 is 13.9 Å². The first-order valence-corrected chi connectivity index (χ1v) is 9.59. The lowest BCUT2D eigenvalue weighted by Crippen LogP contribution is -2.01. The standard InChI is InChI=1S/C24H18FN3O2/c25-18-10-8-17(9-11-18)22-15-28-23(20(26-22)13-16-5-2-1-3-6-16)27-21(24(28)29)14-19-7-4-12-30-19/h1-12,15,29H,13-14H2. The van der Waals surface area contributed by atoms with Crippen molar-refractivity contribution in [3.05, 3.63) is 108 Å². The van der Waals surface area contributed by atoms with Crippen molar-refractivity contribution in [1.82, 2.24) is 14.4 Å². The minimum absolute atomic E-state index is 0.0430. The summed E-state index contributed by atoms with van der Waals surface area (Å²) in [6.45, 7) is 0. The third-order valence-corrected chi connectivity index (χ3v) is 5.00. The SMILES string of the molecule is Oc1c(Cc2ccco2)nc2c(Cc3ccccc3)nc(-c3ccc(F)cc3)cn12. The fourth-order valence-electron chi connectivity index (χ4n) is 3.51. The van der Waals surface area contributed by atoms with Gasteiger partial charge in [-0.05, 0) is 42.0 Å². The Balaban J connectivity index is 1.66. The normalized spacial score (nSPS) is 11.2. The summed E-state index contributed by atoms with van der Waals surface area (Å²) in [5.41, 5.74) is 4.29. The van der Waals surface area contributed by atoms with E-state index in [-0.39, 0.29) is 11.7 Å². The number of nitrogens with zero attached hydrogens (tertiary/aromatic N) is 3. The first kappa shape index (κ1) is 18.1. The molecule has 0 fully saturated rings. The van der Waals surface area contributed by atoms with Gasteiger partial charge in [0.25, 0.3) is 0 Å². The maximum Gasteiger partial charge on any atom is 0.219 e. The van der Waals surface area contributed by atoms with Gasteiger partial charge in [-0.1, -0.05) is 30.3 Å². The van der Waals surface area contributed by atoms with Gasteiger partial charge in [0.05, 0.1) is 24.1 Å². The molecule has 0 atom stereocenters. The van der Waals surface area contributed by atoms with Crippen molar-refractivity contribution in [2.75, 3.05) is 0 Å². The Morgan fingerprint density at radius 3 is 2.40 bits per heavy atom. The maximum absolute atomic E-state index is 13.4. The Hall–Kier alpha value is -3.93. The highest BCUT2D eigenvalue weighted by molar-refractivity contribution is 5.63. The predicted molar refractivity (Wildman–Crippen MR) is 111 cm³/mol. The third kappa shape index (κ3) is 3.43. The molecular weight excluding hydrogens is 381 g/mol. The molecule has 3 aromatic heterocycles. The van der Waals surface area contributed by atoms with Gasteiger partial charge in [0, 0.05) is 18.2 Å². The van der Waals surface area contributed by atoms with Crippen LogP contribution in [0.3, 0.4) is 0 Å². The molecule has 0 aliphatic heterocycles. The average Bonchev–Trinajstić information content (AvgIpc) is 3.38. The number of halogens is 1. The molecule has 2 aromatic carbocycles. The molecule has 0 amide bonds. The molecule has 6 heteroatoms. The van der Waals surface area contributed by atoms with E-state index in [1.807, 2.05) is 36.4 Å². The molecule has 1 N–H and O–H groups in total. The van der Waals surface area contributed by atoms with E-state index in [1.54, 1.807) is 35.1 Å². The second kappa shape index (κ2) is 7.48. The molecule has 0 saturated carbocycles. The molecule has 30 heavy (non-hydrogen) atoms. The van der Waals surface area contributed by atoms with Gasteiger partial charge in [-0.25, -0.2) is 14.4 Å². The number of hydrogen-bond donors (Lipinski definition) is 1. The summed E-state index contributed by atoms with van der Waals surface area (Å²) in [7, 11) is 0. The summed E-state index contributed by atoms with van der Waals surface area (Å²) in [6, 6.07) is 19.7. The van der Waals surface area contributed by atoms with Crippen molar-refractivity contribution in [3.8, 4) is 17.1 Å². The lowest BCUT2D eigenvalue weighted by Gasteiger charge is -2.08. The number of imidazole rings is 1. The van der Waals surface area contributed by atoms with Crippen molar-refractivity contribution in [2.24, 2.45) is 0 Å². The number of hydrogen-bond acceptors (Lipinski definition) is 4. The van der Waals surface area contributed by atoms with Crippen LogP contribution in [0.5, 0.6) is 5.88 Å². The van der Waals surface area contributed by atoms with Crippen LogP contribution in [-0.2, 0) is 12.8 Å². The molecule has 0 unspecified atom stereocenters. The highest BCUT2D eigenvalue weighted by atomic mass is 19.1. The Bertz CT molecular complexity index is 1290. The number of furan rings is 1. The first-order chi connectivity index (χ1) is 14.7. The summed E-state index contributed by atoms with van der Waals surface area (Å²) in [6.07, 6.45) is 4.25. The molecule has 3 heterocycles. The van der Waals surface area contributed by atoms with Gasteiger partial charge in [-0.3, -0.25) is 4.40 Å². The monoisotopic (exact) mass is 399 g/mol. The van der Waals surface area contributed by atoms with Crippen molar-refractivity contribution in [1.29, 1.82) is 0 Å². The fraction of sp³-hybridized carbons (Fsp3) is 0.0833. The van der Waals surface area contributed by atoms with Gasteiger partial charge in [-0.15, -0.1) is 0 Å². The quantitative estimate of drug-likeness (QED) is 0.451. The van der Waals surface area contributed by atoms with E-state index in [1.165, 1.54) is 12.1 Å². The summed E-state index contributed by atoms with van der Waals surface area (Å²) in [5, 5.41) is 10.9. The molecule has 0 aliphatic rings. The van der Waals surface area contributed by atoms with Crippen molar-refractivity contribution in [3.63, 3.8) is 0 Å². The molecule has 148 valence electrons. The predicted octanol–water partition coefficient (Wildman–Crippen LogP) is 5.02. The fourth-order valence-corrected chi connectivity index (χ4v) is 3.51. The van der Waals surface area contributed by atoms with Crippen LogP contribution in [0.25, 0.3) is 16.9 Å². The Kier molecular flexibility index (Phi) is 4.52. The van der Waals surface area contributed by atoms with Gasteiger partial charge in [0.15, 0.2) is 5.65 Å². The van der Waals surface area contributed by atoms with Crippen LogP contribution in [0.2, 0.25) is 0 Å². The zero-order valence-electron chi connectivity index (χ0n) is 16.0. The first-order valence-electron chi connectivity index (χ1n) is 9.59. The van der Waals surface area contributed by atoms with Crippen LogP contribution in [0.4, 0.5) is 4.39 Å². The van der Waals surface area contributed by atoms with Crippen LogP contribution in [0.1, 0.15) is 22.7 Å². The van der Waals surface area contributed by atoms with Crippen molar-refractivity contribution in [2.45, 2.75) is 12.8 Å². The Morgan fingerprint density at radius 2 is 1.67 bits per heavy atom. The number of benzene rings is 2. The zero-order chi connectivity index (χ0) is 20.5. The number of aromatic hydroxyl groups is 1. The van der Waals surface area contributed by atoms with Gasteiger partial charge in [-0.2, -0.15) is 0 Å². The van der Waals surface area contributed by atoms with Crippen LogP contribution in [-0.4, -0.2) is 19.5 Å². The molecule has 5 nitrogen and oxygen atoms in total. The molecule has 0 saturated heterocycles. The highest BCUT2D eigenvalue weighted by Crippen LogP contribution is 2.28. The van der Waals surface area contributed by atoms with Crippen LogP contribution in [0, 0.1) is 5.82 Å². The topological polar surface area (TPSA) is 63.6 Å². The summed E-state index contributed by atoms with van der Waals surface area (Å²) in [5.74, 6) is 0.446. The molecule has 5 aromatic rings. The molecule has 0 spiro atoms. The number of fused-ring (bicyclic) bond motifs is 1. The van der Waals surface area contributed by atoms with Crippen LogP contribution in [0.15, 0.2) is 83.6 Å². The number of rotatable bonds is 5. The largest absolute Gasteiger partial charge is 0.493 e. The van der Waals surface area contributed by atoms with Crippen LogP contribution >= 0.6 is 0 Å². The second-order valence-corrected chi connectivity index (χ2v) is 7.07. The summed E-state index contributed by atoms with van der Waals surface area (Å²) in [4.78, 5) is 9.47. The maximum atomic E-state index is 13.4. The third-order valence-electron chi connectivity index (χ3n) is 5.00. The Morgan fingerprint density at radius 1 is 0.867 bits per heavy atom. The molecule has 0 aliphatic carbocycles. The van der Waals surface area contributed by atoms with Crippen molar-refractivity contribution >= 4 is 5.65 Å². The van der Waals surface area contributed by atoms with E-state index in [9.17, 15) is 9.50 Å². The number of aromatic nitrogens is 3. The van der Waals surface area contributed by atoms with E-state index in [2.05, 4.69) is 4.98 Å². The smallest absolute Gasteiger partial charge is 0.219 e. The van der Waals surface area contributed by atoms with Gasteiger partial charge in [0.1, 0.15) is 17.3 Å². The van der Waals surface area contributed by atoms with E-state index in [4.69, 9.17) is 9.40 Å². The lowest BCUT2D eigenvalue weighted by atomic mass is 10.1.